The van der Waals surface area contributed by atoms with E-state index in [-0.39, 0.29) is 6.10 Å². The zero-order valence-electron chi connectivity index (χ0n) is 13.9. The molecule has 0 bridgehead atoms. The van der Waals surface area contributed by atoms with Crippen LogP contribution in [-0.2, 0) is 0 Å². The van der Waals surface area contributed by atoms with E-state index in [1.54, 1.807) is 0 Å². The molecule has 3 nitrogen and oxygen atoms in total. The Morgan fingerprint density at radius 2 is 1.79 bits per heavy atom. The summed E-state index contributed by atoms with van der Waals surface area (Å²) in [6.45, 7) is 2.20. The Hall–Kier alpha value is -2.73. The monoisotopic (exact) mass is 319 g/mol. The Morgan fingerprint density at radius 1 is 1.04 bits per heavy atom. The third-order valence-electron chi connectivity index (χ3n) is 4.08. The summed E-state index contributed by atoms with van der Waals surface area (Å²) in [6.07, 6.45) is 6.35. The minimum Gasteiger partial charge on any atom is -0.479 e. The molecule has 1 unspecified atom stereocenters. The summed E-state index contributed by atoms with van der Waals surface area (Å²) in [5, 5.41) is 8.91. The van der Waals surface area contributed by atoms with Crippen LogP contribution in [0.4, 0.5) is 0 Å². The lowest BCUT2D eigenvalue weighted by molar-refractivity contribution is 0.139. The normalized spacial score (nSPS) is 17.5. The lowest BCUT2D eigenvalue weighted by Gasteiger charge is -2.28. The molecule has 0 spiro atoms. The van der Waals surface area contributed by atoms with E-state index in [9.17, 15) is 0 Å². The van der Waals surface area contributed by atoms with Gasteiger partial charge in [-0.05, 0) is 48.7 Å². The van der Waals surface area contributed by atoms with Crippen molar-refractivity contribution in [2.75, 3.05) is 0 Å². The number of unbranched alkanes of at least 4 members (excludes halogenated alkanes) is 2. The SMILES string of the molecule is CCCCCC1Oc2ccccc2O/C1=C\c1ccc(C#N)cc1. The highest BCUT2D eigenvalue weighted by molar-refractivity contribution is 5.56. The summed E-state index contributed by atoms with van der Waals surface area (Å²) in [4.78, 5) is 0. The van der Waals surface area contributed by atoms with Crippen LogP contribution >= 0.6 is 0 Å². The quantitative estimate of drug-likeness (QED) is 0.700. The van der Waals surface area contributed by atoms with Gasteiger partial charge in [0.25, 0.3) is 0 Å². The van der Waals surface area contributed by atoms with E-state index in [0.29, 0.717) is 5.56 Å². The molecule has 2 aromatic carbocycles. The van der Waals surface area contributed by atoms with E-state index < -0.39 is 0 Å². The number of fused-ring (bicyclic) bond motifs is 1. The smallest absolute Gasteiger partial charge is 0.169 e. The van der Waals surface area contributed by atoms with Gasteiger partial charge in [-0.25, -0.2) is 0 Å². The lowest BCUT2D eigenvalue weighted by atomic mass is 10.0. The number of ether oxygens (including phenoxy) is 2. The largest absolute Gasteiger partial charge is 0.479 e. The van der Waals surface area contributed by atoms with Gasteiger partial charge in [0.05, 0.1) is 11.6 Å². The average Bonchev–Trinajstić information content (AvgIpc) is 2.63. The molecule has 1 atom stereocenters. The molecule has 122 valence electrons. The first-order chi connectivity index (χ1) is 11.8. The van der Waals surface area contributed by atoms with Crippen LogP contribution in [0.15, 0.2) is 54.3 Å². The van der Waals surface area contributed by atoms with Crippen molar-refractivity contribution < 1.29 is 9.47 Å². The highest BCUT2D eigenvalue weighted by atomic mass is 16.6. The molecule has 0 radical (unpaired) electrons. The maximum absolute atomic E-state index is 8.91. The summed E-state index contributed by atoms with van der Waals surface area (Å²) in [6, 6.07) is 17.4. The maximum atomic E-state index is 8.91. The first-order valence-corrected chi connectivity index (χ1v) is 8.45. The molecule has 0 saturated heterocycles. The van der Waals surface area contributed by atoms with Gasteiger partial charge in [0.1, 0.15) is 5.76 Å². The number of hydrogen-bond donors (Lipinski definition) is 0. The Labute approximate surface area is 143 Å². The fraction of sp³-hybridized carbons (Fsp3) is 0.286. The van der Waals surface area contributed by atoms with Crippen LogP contribution in [0.1, 0.15) is 43.7 Å². The van der Waals surface area contributed by atoms with Crippen molar-refractivity contribution in [1.29, 1.82) is 5.26 Å². The number of para-hydroxylation sites is 2. The molecule has 3 heteroatoms. The van der Waals surface area contributed by atoms with Crippen molar-refractivity contribution in [3.05, 3.63) is 65.4 Å². The second-order valence-electron chi connectivity index (χ2n) is 5.93. The van der Waals surface area contributed by atoms with Crippen LogP contribution < -0.4 is 9.47 Å². The predicted octanol–water partition coefficient (Wildman–Crippen LogP) is 5.32. The molecule has 0 N–H and O–H groups in total. The first kappa shape index (κ1) is 16.1. The Kier molecular flexibility index (Phi) is 5.18. The molecule has 3 rings (SSSR count). The molecule has 1 aliphatic heterocycles. The summed E-state index contributed by atoms with van der Waals surface area (Å²) in [5.74, 6) is 2.38. The number of hydrogen-bond acceptors (Lipinski definition) is 3. The van der Waals surface area contributed by atoms with Gasteiger partial charge in [0.2, 0.25) is 0 Å². The first-order valence-electron chi connectivity index (χ1n) is 8.45. The van der Waals surface area contributed by atoms with Gasteiger partial charge in [-0.3, -0.25) is 0 Å². The number of nitriles is 1. The third-order valence-corrected chi connectivity index (χ3v) is 4.08. The average molecular weight is 319 g/mol. The molecular weight excluding hydrogens is 298 g/mol. The van der Waals surface area contributed by atoms with E-state index in [0.717, 1.165) is 35.7 Å². The summed E-state index contributed by atoms with van der Waals surface area (Å²) < 4.78 is 12.3. The molecule has 0 saturated carbocycles. The van der Waals surface area contributed by atoms with Crippen LogP contribution in [0.3, 0.4) is 0 Å². The Bertz CT molecular complexity index is 756. The highest BCUT2D eigenvalue weighted by Gasteiger charge is 2.25. The van der Waals surface area contributed by atoms with Gasteiger partial charge < -0.3 is 9.47 Å². The second-order valence-corrected chi connectivity index (χ2v) is 5.93. The van der Waals surface area contributed by atoms with Gasteiger partial charge in [0.15, 0.2) is 17.6 Å². The highest BCUT2D eigenvalue weighted by Crippen LogP contribution is 2.37. The zero-order chi connectivity index (χ0) is 16.8. The zero-order valence-corrected chi connectivity index (χ0v) is 13.9. The van der Waals surface area contributed by atoms with Crippen molar-refractivity contribution in [2.24, 2.45) is 0 Å². The molecule has 24 heavy (non-hydrogen) atoms. The van der Waals surface area contributed by atoms with Crippen LogP contribution in [-0.4, -0.2) is 6.10 Å². The van der Waals surface area contributed by atoms with Gasteiger partial charge in [-0.2, -0.15) is 5.26 Å². The lowest BCUT2D eigenvalue weighted by Crippen LogP contribution is -2.27. The minimum absolute atomic E-state index is 0.0675. The van der Waals surface area contributed by atoms with Crippen LogP contribution in [0, 0.1) is 11.3 Å². The van der Waals surface area contributed by atoms with Crippen LogP contribution in [0.2, 0.25) is 0 Å². The molecule has 2 aromatic rings. The van der Waals surface area contributed by atoms with E-state index in [4.69, 9.17) is 14.7 Å². The third kappa shape index (κ3) is 3.78. The van der Waals surface area contributed by atoms with Crippen LogP contribution in [0.5, 0.6) is 11.5 Å². The topological polar surface area (TPSA) is 42.2 Å². The maximum Gasteiger partial charge on any atom is 0.169 e. The van der Waals surface area contributed by atoms with E-state index >= 15 is 0 Å². The van der Waals surface area contributed by atoms with Crippen molar-refractivity contribution in [2.45, 2.75) is 38.7 Å². The fourth-order valence-corrected chi connectivity index (χ4v) is 2.76. The number of benzene rings is 2. The standard InChI is InChI=1S/C21H21NO2/c1-2-3-4-7-20-21(14-16-10-12-17(15-22)13-11-16)24-19-9-6-5-8-18(19)23-20/h5-6,8-14,20H,2-4,7H2,1H3/b21-14-. The molecular formula is C21H21NO2. The summed E-state index contributed by atoms with van der Waals surface area (Å²) >= 11 is 0. The van der Waals surface area contributed by atoms with E-state index in [1.807, 2.05) is 54.6 Å². The number of nitrogens with zero attached hydrogens (tertiary/aromatic N) is 1. The molecule has 1 aliphatic rings. The second kappa shape index (κ2) is 7.70. The van der Waals surface area contributed by atoms with Crippen LogP contribution in [0.25, 0.3) is 6.08 Å². The van der Waals surface area contributed by atoms with Crippen molar-refractivity contribution in [3.8, 4) is 17.6 Å². The van der Waals surface area contributed by atoms with Gasteiger partial charge in [-0.15, -0.1) is 0 Å². The van der Waals surface area contributed by atoms with E-state index in [2.05, 4.69) is 13.0 Å². The van der Waals surface area contributed by atoms with Gasteiger partial charge >= 0.3 is 0 Å². The van der Waals surface area contributed by atoms with E-state index in [1.165, 1.54) is 12.8 Å². The molecule has 0 amide bonds. The fourth-order valence-electron chi connectivity index (χ4n) is 2.76. The van der Waals surface area contributed by atoms with Crippen molar-refractivity contribution >= 4 is 6.08 Å². The summed E-state index contributed by atoms with van der Waals surface area (Å²) in [7, 11) is 0. The Balaban J connectivity index is 1.86. The number of rotatable bonds is 5. The molecule has 0 aliphatic carbocycles. The summed E-state index contributed by atoms with van der Waals surface area (Å²) in [5.41, 5.74) is 1.66. The molecule has 0 aromatic heterocycles. The van der Waals surface area contributed by atoms with Crippen molar-refractivity contribution in [3.63, 3.8) is 0 Å². The Morgan fingerprint density at radius 3 is 2.50 bits per heavy atom. The van der Waals surface area contributed by atoms with Gasteiger partial charge in [-0.1, -0.05) is 44.0 Å². The molecule has 1 heterocycles. The van der Waals surface area contributed by atoms with Gasteiger partial charge in [0, 0.05) is 0 Å². The predicted molar refractivity (Wildman–Crippen MR) is 94.8 cm³/mol. The minimum atomic E-state index is -0.0675. The van der Waals surface area contributed by atoms with Crippen molar-refractivity contribution in [1.82, 2.24) is 0 Å². The molecule has 0 fully saturated rings.